The van der Waals surface area contributed by atoms with Crippen LogP contribution in [0.15, 0.2) is 66.4 Å². The van der Waals surface area contributed by atoms with E-state index >= 15 is 0 Å². The van der Waals surface area contributed by atoms with Gasteiger partial charge in [0.15, 0.2) is 5.69 Å². The fraction of sp³-hybridized carbons (Fsp3) is 0.0625. The number of allylic oxidation sites excluding steroid dienone is 1. The van der Waals surface area contributed by atoms with Gasteiger partial charge >= 0.3 is 6.18 Å². The highest BCUT2D eigenvalue weighted by atomic mass is 19.4. The van der Waals surface area contributed by atoms with Crippen LogP contribution in [0.4, 0.5) is 27.6 Å². The van der Waals surface area contributed by atoms with Crippen molar-refractivity contribution in [3.05, 3.63) is 129 Å². The first-order chi connectivity index (χ1) is 19.5. The van der Waals surface area contributed by atoms with Gasteiger partial charge in [0.25, 0.3) is 5.70 Å². The Morgan fingerprint density at radius 3 is 1.93 bits per heavy atom. The van der Waals surface area contributed by atoms with Crippen LogP contribution in [-0.2, 0) is 6.18 Å². The zero-order valence-electron chi connectivity index (χ0n) is 21.0. The van der Waals surface area contributed by atoms with E-state index in [2.05, 4.69) is 9.69 Å². The summed E-state index contributed by atoms with van der Waals surface area (Å²) >= 11 is 0. The molecule has 0 spiro atoms. The van der Waals surface area contributed by atoms with Crippen molar-refractivity contribution in [1.82, 2.24) is 0 Å². The summed E-state index contributed by atoms with van der Waals surface area (Å²) < 4.78 is 68.4. The van der Waals surface area contributed by atoms with E-state index in [4.69, 9.17) is 13.1 Å². The third-order valence-electron chi connectivity index (χ3n) is 6.87. The summed E-state index contributed by atoms with van der Waals surface area (Å²) in [5.41, 5.74) is 1.35. The Labute approximate surface area is 231 Å². The lowest BCUT2D eigenvalue weighted by atomic mass is 9.91. The number of alkyl halides is 3. The molecule has 9 heteroatoms. The van der Waals surface area contributed by atoms with Crippen LogP contribution >= 0.6 is 0 Å². The first-order valence-corrected chi connectivity index (χ1v) is 11.8. The van der Waals surface area contributed by atoms with Gasteiger partial charge in [-0.2, -0.15) is 18.4 Å². The molecule has 0 unspecified atom stereocenters. The van der Waals surface area contributed by atoms with Crippen molar-refractivity contribution in [2.45, 2.75) is 13.1 Å². The molecule has 196 valence electrons. The predicted octanol–water partition coefficient (Wildman–Crippen LogP) is 9.23. The van der Waals surface area contributed by atoms with Crippen LogP contribution in [0.1, 0.15) is 27.8 Å². The predicted molar refractivity (Wildman–Crippen MR) is 142 cm³/mol. The molecule has 4 nitrogen and oxygen atoms in total. The second-order valence-corrected chi connectivity index (χ2v) is 9.19. The van der Waals surface area contributed by atoms with E-state index in [1.807, 2.05) is 12.1 Å². The van der Waals surface area contributed by atoms with Crippen molar-refractivity contribution in [3.63, 3.8) is 0 Å². The number of aryl methyl sites for hydroxylation is 1. The Hall–Kier alpha value is -5.77. The Balaban J connectivity index is 1.86. The maximum atomic E-state index is 14.0. The third-order valence-corrected chi connectivity index (χ3v) is 6.87. The maximum Gasteiger partial charge on any atom is 0.419 e. The monoisotopic (exact) mass is 548 g/mol. The minimum absolute atomic E-state index is 0.0594. The molecule has 0 saturated carbocycles. The number of fused-ring (bicyclic) bond motifs is 3. The molecule has 5 rings (SSSR count). The lowest BCUT2D eigenvalue weighted by molar-refractivity contribution is -0.139. The highest BCUT2D eigenvalue weighted by molar-refractivity contribution is 6.07. The zero-order valence-corrected chi connectivity index (χ0v) is 21.0. The first-order valence-electron chi connectivity index (χ1n) is 11.8. The van der Waals surface area contributed by atoms with Crippen LogP contribution in [0, 0.1) is 54.4 Å². The van der Waals surface area contributed by atoms with Crippen molar-refractivity contribution >= 4 is 11.3 Å². The summed E-state index contributed by atoms with van der Waals surface area (Å²) in [5, 5.41) is 19.6. The Bertz CT molecular complexity index is 1990. The second kappa shape index (κ2) is 9.76. The number of rotatable bonds is 2. The van der Waals surface area contributed by atoms with Gasteiger partial charge in [-0.25, -0.2) is 23.7 Å². The molecule has 0 N–H and O–H groups in total. The number of halogens is 5. The molecular weight excluding hydrogens is 535 g/mol. The molecule has 41 heavy (non-hydrogen) atoms. The van der Waals surface area contributed by atoms with Crippen LogP contribution in [0.2, 0.25) is 0 Å². The number of nitrogens with zero attached hydrogens (tertiary/aromatic N) is 4. The van der Waals surface area contributed by atoms with Gasteiger partial charge in [0.2, 0.25) is 0 Å². The fourth-order valence-electron chi connectivity index (χ4n) is 4.96. The van der Waals surface area contributed by atoms with Gasteiger partial charge in [-0.1, -0.05) is 18.2 Å². The highest BCUT2D eigenvalue weighted by Crippen LogP contribution is 2.51. The third kappa shape index (κ3) is 4.37. The van der Waals surface area contributed by atoms with E-state index in [1.165, 1.54) is 30.3 Å². The summed E-state index contributed by atoms with van der Waals surface area (Å²) in [7, 11) is 0. The highest BCUT2D eigenvalue weighted by Gasteiger charge is 2.35. The van der Waals surface area contributed by atoms with Gasteiger partial charge in [0.1, 0.15) is 11.6 Å². The minimum atomic E-state index is -4.97. The van der Waals surface area contributed by atoms with Gasteiger partial charge in [-0.3, -0.25) is 0 Å². The first kappa shape index (κ1) is 26.8. The average molecular weight is 548 g/mol. The second-order valence-electron chi connectivity index (χ2n) is 9.19. The minimum Gasteiger partial charge on any atom is -0.237 e. The number of nitriles is 2. The van der Waals surface area contributed by atoms with E-state index in [9.17, 15) is 32.5 Å². The van der Waals surface area contributed by atoms with Crippen molar-refractivity contribution < 1.29 is 22.0 Å². The molecule has 4 aromatic rings. The molecule has 0 heterocycles. The molecule has 0 radical (unpaired) electrons. The van der Waals surface area contributed by atoms with E-state index in [1.54, 1.807) is 19.1 Å². The van der Waals surface area contributed by atoms with Crippen LogP contribution in [0.5, 0.6) is 0 Å². The molecule has 0 aliphatic heterocycles. The summed E-state index contributed by atoms with van der Waals surface area (Å²) in [5.74, 6) is -1.89. The summed E-state index contributed by atoms with van der Waals surface area (Å²) in [6, 6.07) is 16.5. The van der Waals surface area contributed by atoms with Gasteiger partial charge in [0.05, 0.1) is 36.4 Å². The maximum absolute atomic E-state index is 14.0. The van der Waals surface area contributed by atoms with E-state index in [0.717, 1.165) is 6.07 Å². The topological polar surface area (TPSA) is 56.3 Å². The molecule has 0 amide bonds. The number of hydrogen-bond acceptors (Lipinski definition) is 2. The van der Waals surface area contributed by atoms with Gasteiger partial charge in [0, 0.05) is 11.1 Å². The lowest BCUT2D eigenvalue weighted by Gasteiger charge is -2.13. The quantitative estimate of drug-likeness (QED) is 0.125. The van der Waals surface area contributed by atoms with Crippen molar-refractivity contribution in [2.24, 2.45) is 0 Å². The largest absolute Gasteiger partial charge is 0.419 e. The fourth-order valence-corrected chi connectivity index (χ4v) is 4.96. The van der Waals surface area contributed by atoms with Crippen LogP contribution < -0.4 is 0 Å². The van der Waals surface area contributed by atoms with Gasteiger partial charge in [-0.05, 0) is 93.9 Å². The van der Waals surface area contributed by atoms with Crippen LogP contribution in [-0.4, -0.2) is 0 Å². The summed E-state index contributed by atoms with van der Waals surface area (Å²) in [6.45, 7) is 16.9. The van der Waals surface area contributed by atoms with Crippen molar-refractivity contribution in [3.8, 4) is 45.5 Å². The molecule has 0 fully saturated rings. The Kier molecular flexibility index (Phi) is 6.39. The number of hydrogen-bond donors (Lipinski definition) is 0. The average Bonchev–Trinajstić information content (AvgIpc) is 3.25. The molecule has 1 aliphatic rings. The normalized spacial score (nSPS) is 12.8. The zero-order chi connectivity index (χ0) is 29.6. The van der Waals surface area contributed by atoms with Gasteiger partial charge in [-0.15, -0.1) is 0 Å². The summed E-state index contributed by atoms with van der Waals surface area (Å²) in [4.78, 5) is 6.93. The Morgan fingerprint density at radius 2 is 1.37 bits per heavy atom. The van der Waals surface area contributed by atoms with Crippen molar-refractivity contribution in [1.29, 1.82) is 10.5 Å². The van der Waals surface area contributed by atoms with E-state index in [-0.39, 0.29) is 33.6 Å². The lowest BCUT2D eigenvalue weighted by Crippen LogP contribution is -2.08. The molecule has 1 aliphatic carbocycles. The molecule has 0 saturated heterocycles. The van der Waals surface area contributed by atoms with Crippen molar-refractivity contribution in [2.75, 3.05) is 0 Å². The summed E-state index contributed by atoms with van der Waals surface area (Å²) in [6.07, 6.45) is -4.97. The van der Waals surface area contributed by atoms with E-state index < -0.39 is 23.4 Å². The molecule has 0 atom stereocenters. The molecule has 0 aromatic heterocycles. The van der Waals surface area contributed by atoms with Crippen LogP contribution in [0.3, 0.4) is 0 Å². The van der Waals surface area contributed by atoms with Crippen LogP contribution in [0.25, 0.3) is 48.6 Å². The molecule has 0 bridgehead atoms. The molecule has 4 aromatic carbocycles. The smallest absolute Gasteiger partial charge is 0.237 e. The number of benzene rings is 4. The Morgan fingerprint density at radius 1 is 0.756 bits per heavy atom. The standard InChI is InChI=1S/C32H13F5N4/c1-16-8-17(4-6-27(16)33)21-12-23-22-11-20(18-5-7-28(34)26(10-18)32(35,36)37)19(14-38)9-24(22)31(30(15-39)41-3)25(23)13-29(21)40-2/h4-13H,1H3/b31-30-. The molecular formula is C32H13F5N4. The van der Waals surface area contributed by atoms with E-state index in [0.29, 0.717) is 51.1 Å². The van der Waals surface area contributed by atoms with Gasteiger partial charge < -0.3 is 0 Å². The SMILES string of the molecule is [C-]#[N+]/C(C#N)=C1/c2cc(C#N)c(-c3ccc(F)c(C(F)(F)F)c3)cc2-c2cc(-c3ccc(F)c(C)c3)c([N+]#[C-])cc21.